The van der Waals surface area contributed by atoms with E-state index in [9.17, 15) is 18.5 Å². The zero-order valence-electron chi connectivity index (χ0n) is 12.2. The van der Waals surface area contributed by atoms with Gasteiger partial charge >= 0.3 is 0 Å². The van der Waals surface area contributed by atoms with Crippen LogP contribution in [0.25, 0.3) is 0 Å². The van der Waals surface area contributed by atoms with E-state index < -0.39 is 14.9 Å². The van der Waals surface area contributed by atoms with Crippen LogP contribution in [0.1, 0.15) is 38.2 Å². The zero-order chi connectivity index (χ0) is 15.6. The lowest BCUT2D eigenvalue weighted by Gasteiger charge is -2.29. The van der Waals surface area contributed by atoms with Crippen molar-refractivity contribution in [2.75, 3.05) is 0 Å². The third-order valence-electron chi connectivity index (χ3n) is 4.09. The molecule has 1 aliphatic rings. The molecule has 1 fully saturated rings. The standard InChI is InChI=1S/C14H20N2O4S/c1-10-5-3-4-6-13(10)15-21(19,20)14-9-12(16(17)18)8-7-11(14)2/h7-10,13,15H,3-6H2,1-2H3/t10-,13+/m0/s1. The maximum atomic E-state index is 12.5. The Labute approximate surface area is 124 Å². The number of hydrogen-bond acceptors (Lipinski definition) is 4. The smallest absolute Gasteiger partial charge is 0.258 e. The predicted molar refractivity (Wildman–Crippen MR) is 79.6 cm³/mol. The van der Waals surface area contributed by atoms with Crippen molar-refractivity contribution in [1.29, 1.82) is 0 Å². The van der Waals surface area contributed by atoms with Crippen LogP contribution in [0.4, 0.5) is 5.69 Å². The van der Waals surface area contributed by atoms with Crippen molar-refractivity contribution in [3.63, 3.8) is 0 Å². The van der Waals surface area contributed by atoms with Crippen LogP contribution < -0.4 is 4.72 Å². The number of nitrogens with one attached hydrogen (secondary N) is 1. The number of hydrogen-bond donors (Lipinski definition) is 1. The Balaban J connectivity index is 2.30. The van der Waals surface area contributed by atoms with Crippen molar-refractivity contribution in [3.8, 4) is 0 Å². The fraction of sp³-hybridized carbons (Fsp3) is 0.571. The molecule has 1 N–H and O–H groups in total. The van der Waals surface area contributed by atoms with Crippen LogP contribution >= 0.6 is 0 Å². The van der Waals surface area contributed by atoms with Crippen LogP contribution in [0.3, 0.4) is 0 Å². The molecule has 2 atom stereocenters. The molecule has 2 rings (SSSR count). The van der Waals surface area contributed by atoms with Crippen LogP contribution in [0.15, 0.2) is 23.1 Å². The van der Waals surface area contributed by atoms with Crippen LogP contribution in [0.5, 0.6) is 0 Å². The van der Waals surface area contributed by atoms with Crippen LogP contribution in [-0.4, -0.2) is 19.4 Å². The average Bonchev–Trinajstić information content (AvgIpc) is 2.41. The lowest BCUT2D eigenvalue weighted by molar-refractivity contribution is -0.385. The third kappa shape index (κ3) is 3.59. The number of rotatable bonds is 4. The molecule has 21 heavy (non-hydrogen) atoms. The maximum Gasteiger partial charge on any atom is 0.270 e. The minimum Gasteiger partial charge on any atom is -0.258 e. The maximum absolute atomic E-state index is 12.5. The zero-order valence-corrected chi connectivity index (χ0v) is 13.0. The number of non-ortho nitro benzene ring substituents is 1. The predicted octanol–water partition coefficient (Wildman–Crippen LogP) is 2.76. The number of sulfonamides is 1. The minimum absolute atomic E-state index is 0.00512. The van der Waals surface area contributed by atoms with Crippen molar-refractivity contribution in [3.05, 3.63) is 33.9 Å². The van der Waals surface area contributed by atoms with Gasteiger partial charge in [-0.25, -0.2) is 13.1 Å². The monoisotopic (exact) mass is 312 g/mol. The number of nitro groups is 1. The molecule has 0 heterocycles. The van der Waals surface area contributed by atoms with Crippen molar-refractivity contribution in [2.45, 2.75) is 50.5 Å². The molecular weight excluding hydrogens is 292 g/mol. The van der Waals surface area contributed by atoms with Gasteiger partial charge in [0.25, 0.3) is 5.69 Å². The SMILES string of the molecule is Cc1ccc([N+](=O)[O-])cc1S(=O)(=O)N[C@@H]1CCCC[C@@H]1C. The number of aryl methyl sites for hydroxylation is 1. The molecular formula is C14H20N2O4S. The summed E-state index contributed by atoms with van der Waals surface area (Å²) >= 11 is 0. The normalized spacial score (nSPS) is 23.0. The first-order valence-electron chi connectivity index (χ1n) is 7.08. The van der Waals surface area contributed by atoms with E-state index in [4.69, 9.17) is 0 Å². The lowest BCUT2D eigenvalue weighted by atomic mass is 9.87. The van der Waals surface area contributed by atoms with Gasteiger partial charge in [0.05, 0.1) is 9.82 Å². The molecule has 6 nitrogen and oxygen atoms in total. The van der Waals surface area contributed by atoms with E-state index in [2.05, 4.69) is 4.72 Å². The minimum atomic E-state index is -3.73. The van der Waals surface area contributed by atoms with Gasteiger partial charge in [-0.05, 0) is 31.2 Å². The summed E-state index contributed by atoms with van der Waals surface area (Å²) in [5.74, 6) is 0.285. The summed E-state index contributed by atoms with van der Waals surface area (Å²) in [7, 11) is -3.73. The molecule has 0 amide bonds. The summed E-state index contributed by atoms with van der Waals surface area (Å²) in [5, 5.41) is 10.8. The third-order valence-corrected chi connectivity index (χ3v) is 5.72. The highest BCUT2D eigenvalue weighted by Gasteiger charge is 2.28. The van der Waals surface area contributed by atoms with Gasteiger partial charge in [-0.3, -0.25) is 10.1 Å². The lowest BCUT2D eigenvalue weighted by Crippen LogP contribution is -2.41. The second kappa shape index (κ2) is 6.11. The van der Waals surface area contributed by atoms with Gasteiger partial charge in [-0.1, -0.05) is 25.8 Å². The summed E-state index contributed by atoms with van der Waals surface area (Å²) < 4.78 is 27.7. The molecule has 0 unspecified atom stereocenters. The Morgan fingerprint density at radius 3 is 2.57 bits per heavy atom. The van der Waals surface area contributed by atoms with Crippen molar-refractivity contribution >= 4 is 15.7 Å². The topological polar surface area (TPSA) is 89.3 Å². The first-order chi connectivity index (χ1) is 9.81. The van der Waals surface area contributed by atoms with Gasteiger partial charge in [-0.2, -0.15) is 0 Å². The molecule has 0 aliphatic heterocycles. The first-order valence-corrected chi connectivity index (χ1v) is 8.57. The highest BCUT2D eigenvalue weighted by Crippen LogP contribution is 2.27. The molecule has 0 radical (unpaired) electrons. The Hall–Kier alpha value is -1.47. The van der Waals surface area contributed by atoms with Gasteiger partial charge in [0.2, 0.25) is 10.0 Å². The molecule has 0 saturated heterocycles. The van der Waals surface area contributed by atoms with Crippen molar-refractivity contribution in [2.24, 2.45) is 5.92 Å². The van der Waals surface area contributed by atoms with E-state index in [1.807, 2.05) is 6.92 Å². The molecule has 0 spiro atoms. The molecule has 116 valence electrons. The van der Waals surface area contributed by atoms with Crippen molar-refractivity contribution in [1.82, 2.24) is 4.72 Å². The van der Waals surface area contributed by atoms with E-state index in [1.165, 1.54) is 12.1 Å². The second-order valence-electron chi connectivity index (χ2n) is 5.70. The molecule has 0 bridgehead atoms. The summed E-state index contributed by atoms with van der Waals surface area (Å²) in [4.78, 5) is 10.2. The van der Waals surface area contributed by atoms with E-state index in [-0.39, 0.29) is 22.5 Å². The van der Waals surface area contributed by atoms with Gasteiger partial charge in [-0.15, -0.1) is 0 Å². The molecule has 7 heteroatoms. The summed E-state index contributed by atoms with van der Waals surface area (Å²) in [5.41, 5.74) is 0.300. The Morgan fingerprint density at radius 2 is 1.95 bits per heavy atom. The fourth-order valence-electron chi connectivity index (χ4n) is 2.75. The van der Waals surface area contributed by atoms with Gasteiger partial charge < -0.3 is 0 Å². The van der Waals surface area contributed by atoms with Crippen molar-refractivity contribution < 1.29 is 13.3 Å². The average molecular weight is 312 g/mol. The van der Waals surface area contributed by atoms with Crippen LogP contribution in [0, 0.1) is 23.0 Å². The molecule has 1 aromatic carbocycles. The quantitative estimate of drug-likeness (QED) is 0.684. The molecule has 1 saturated carbocycles. The fourth-order valence-corrected chi connectivity index (χ4v) is 4.39. The summed E-state index contributed by atoms with van der Waals surface area (Å²) in [6.45, 7) is 3.68. The summed E-state index contributed by atoms with van der Waals surface area (Å²) in [6, 6.07) is 3.82. The largest absolute Gasteiger partial charge is 0.270 e. The Bertz CT molecular complexity index is 642. The summed E-state index contributed by atoms with van der Waals surface area (Å²) in [6.07, 6.45) is 3.94. The van der Waals surface area contributed by atoms with Gasteiger partial charge in [0.1, 0.15) is 0 Å². The molecule has 1 aromatic rings. The number of nitrogens with zero attached hydrogens (tertiary/aromatic N) is 1. The number of benzene rings is 1. The van der Waals surface area contributed by atoms with E-state index in [0.29, 0.717) is 5.56 Å². The van der Waals surface area contributed by atoms with E-state index in [0.717, 1.165) is 31.7 Å². The molecule has 0 aromatic heterocycles. The van der Waals surface area contributed by atoms with Crippen LogP contribution in [0.2, 0.25) is 0 Å². The highest BCUT2D eigenvalue weighted by atomic mass is 32.2. The van der Waals surface area contributed by atoms with E-state index in [1.54, 1.807) is 6.92 Å². The second-order valence-corrected chi connectivity index (χ2v) is 7.38. The van der Waals surface area contributed by atoms with Crippen LogP contribution in [-0.2, 0) is 10.0 Å². The Morgan fingerprint density at radius 1 is 1.29 bits per heavy atom. The first kappa shape index (κ1) is 15.9. The van der Waals surface area contributed by atoms with E-state index >= 15 is 0 Å². The molecule has 1 aliphatic carbocycles. The van der Waals surface area contributed by atoms with Gasteiger partial charge in [0.15, 0.2) is 0 Å². The highest BCUT2D eigenvalue weighted by molar-refractivity contribution is 7.89. The Kier molecular flexibility index (Phi) is 4.63. The van der Waals surface area contributed by atoms with Gasteiger partial charge in [0, 0.05) is 18.2 Å². The number of nitro benzene ring substituents is 1.